The zero-order chi connectivity index (χ0) is 21.6. The van der Waals surface area contributed by atoms with Crippen LogP contribution in [0.1, 0.15) is 27.1 Å². The minimum absolute atomic E-state index is 0. The SMILES string of the molecule is CN=C(NCc1ncc(C)s1)NCC(c1ccc(C(F)(F)F)cc1)N1CCOCC1.I. The first kappa shape index (κ1) is 25.8. The van der Waals surface area contributed by atoms with E-state index in [1.807, 2.05) is 13.1 Å². The third-order valence-electron chi connectivity index (χ3n) is 4.87. The van der Waals surface area contributed by atoms with Crippen molar-refractivity contribution in [2.45, 2.75) is 25.7 Å². The largest absolute Gasteiger partial charge is 0.416 e. The van der Waals surface area contributed by atoms with Crippen molar-refractivity contribution in [3.8, 4) is 0 Å². The molecule has 1 aromatic carbocycles. The summed E-state index contributed by atoms with van der Waals surface area (Å²) < 4.78 is 44.2. The highest BCUT2D eigenvalue weighted by atomic mass is 127. The molecule has 1 aliphatic heterocycles. The first-order chi connectivity index (χ1) is 14.4. The normalized spacial score (nSPS) is 16.5. The molecule has 0 radical (unpaired) electrons. The maximum Gasteiger partial charge on any atom is 0.416 e. The second kappa shape index (κ2) is 12.0. The third-order valence-corrected chi connectivity index (χ3v) is 5.78. The number of alkyl halides is 3. The fourth-order valence-corrected chi connectivity index (χ4v) is 4.02. The van der Waals surface area contributed by atoms with E-state index in [4.69, 9.17) is 4.74 Å². The molecular weight excluding hydrogens is 542 g/mol. The molecule has 31 heavy (non-hydrogen) atoms. The van der Waals surface area contributed by atoms with E-state index in [-0.39, 0.29) is 30.0 Å². The molecule has 0 bridgehead atoms. The Bertz CT molecular complexity index is 838. The van der Waals surface area contributed by atoms with Crippen molar-refractivity contribution < 1.29 is 17.9 Å². The smallest absolute Gasteiger partial charge is 0.379 e. The Kier molecular flexibility index (Phi) is 9.97. The Morgan fingerprint density at radius 1 is 1.23 bits per heavy atom. The summed E-state index contributed by atoms with van der Waals surface area (Å²) in [7, 11) is 1.68. The van der Waals surface area contributed by atoms with Crippen LogP contribution >= 0.6 is 35.3 Å². The van der Waals surface area contributed by atoms with Crippen LogP contribution in [0.4, 0.5) is 13.2 Å². The molecule has 0 aliphatic carbocycles. The fourth-order valence-electron chi connectivity index (χ4n) is 3.30. The zero-order valence-corrected chi connectivity index (χ0v) is 20.6. The lowest BCUT2D eigenvalue weighted by atomic mass is 10.0. The molecule has 0 amide bonds. The van der Waals surface area contributed by atoms with Gasteiger partial charge in [-0.1, -0.05) is 12.1 Å². The summed E-state index contributed by atoms with van der Waals surface area (Å²) in [5.74, 6) is 0.619. The summed E-state index contributed by atoms with van der Waals surface area (Å²) in [5.41, 5.74) is 0.180. The highest BCUT2D eigenvalue weighted by Gasteiger charge is 2.31. The van der Waals surface area contributed by atoms with Crippen molar-refractivity contribution in [1.29, 1.82) is 0 Å². The van der Waals surface area contributed by atoms with Crippen LogP contribution in [-0.4, -0.2) is 55.7 Å². The van der Waals surface area contributed by atoms with E-state index in [2.05, 4.69) is 25.5 Å². The predicted octanol–water partition coefficient (Wildman–Crippen LogP) is 3.83. The maximum absolute atomic E-state index is 12.9. The van der Waals surface area contributed by atoms with Crippen molar-refractivity contribution >= 4 is 41.3 Å². The molecule has 2 aromatic rings. The Hall–Kier alpha value is -1.44. The number of hydrogen-bond donors (Lipinski definition) is 2. The van der Waals surface area contributed by atoms with Gasteiger partial charge in [0.1, 0.15) is 5.01 Å². The van der Waals surface area contributed by atoms with Crippen LogP contribution in [-0.2, 0) is 17.5 Å². The molecule has 6 nitrogen and oxygen atoms in total. The minimum atomic E-state index is -4.34. The second-order valence-corrected chi connectivity index (χ2v) is 8.27. The highest BCUT2D eigenvalue weighted by Crippen LogP contribution is 2.31. The van der Waals surface area contributed by atoms with Gasteiger partial charge in [-0.05, 0) is 24.6 Å². The average molecular weight is 569 g/mol. The van der Waals surface area contributed by atoms with E-state index in [0.29, 0.717) is 32.3 Å². The summed E-state index contributed by atoms with van der Waals surface area (Å²) in [6.07, 6.45) is -2.51. The number of nitrogens with zero attached hydrogens (tertiary/aromatic N) is 3. The van der Waals surface area contributed by atoms with Gasteiger partial charge in [0.25, 0.3) is 0 Å². The molecule has 1 unspecified atom stereocenters. The lowest BCUT2D eigenvalue weighted by molar-refractivity contribution is -0.137. The van der Waals surface area contributed by atoms with Gasteiger partial charge in [0.15, 0.2) is 5.96 Å². The van der Waals surface area contributed by atoms with E-state index in [9.17, 15) is 13.2 Å². The number of rotatable bonds is 6. The van der Waals surface area contributed by atoms with Gasteiger partial charge in [-0.2, -0.15) is 13.2 Å². The number of morpholine rings is 1. The summed E-state index contributed by atoms with van der Waals surface area (Å²) in [5, 5.41) is 7.49. The molecule has 3 rings (SSSR count). The van der Waals surface area contributed by atoms with Crippen molar-refractivity contribution in [2.75, 3.05) is 39.9 Å². The van der Waals surface area contributed by atoms with Gasteiger partial charge in [-0.15, -0.1) is 35.3 Å². The van der Waals surface area contributed by atoms with E-state index >= 15 is 0 Å². The molecule has 1 atom stereocenters. The molecule has 1 fully saturated rings. The number of hydrogen-bond acceptors (Lipinski definition) is 5. The van der Waals surface area contributed by atoms with Gasteiger partial charge in [-0.25, -0.2) is 4.98 Å². The van der Waals surface area contributed by atoms with E-state index in [1.54, 1.807) is 30.5 Å². The van der Waals surface area contributed by atoms with E-state index < -0.39 is 11.7 Å². The minimum Gasteiger partial charge on any atom is -0.379 e. The molecule has 11 heteroatoms. The van der Waals surface area contributed by atoms with Gasteiger partial charge in [0, 0.05) is 37.8 Å². The van der Waals surface area contributed by atoms with Gasteiger partial charge >= 0.3 is 6.18 Å². The molecule has 0 saturated carbocycles. The van der Waals surface area contributed by atoms with Crippen molar-refractivity contribution in [1.82, 2.24) is 20.5 Å². The van der Waals surface area contributed by atoms with E-state index in [0.717, 1.165) is 40.7 Å². The monoisotopic (exact) mass is 569 g/mol. The number of halogens is 4. The number of nitrogens with one attached hydrogen (secondary N) is 2. The molecular formula is C20H27F3IN5OS. The Balaban J connectivity index is 0.00000341. The number of aryl methyl sites for hydroxylation is 1. The topological polar surface area (TPSA) is 61.8 Å². The number of ether oxygens (including phenoxy) is 1. The number of aromatic nitrogens is 1. The second-order valence-electron chi connectivity index (χ2n) is 6.96. The van der Waals surface area contributed by atoms with Gasteiger partial charge in [-0.3, -0.25) is 9.89 Å². The lowest BCUT2D eigenvalue weighted by Crippen LogP contribution is -2.46. The molecule has 1 saturated heterocycles. The first-order valence-electron chi connectivity index (χ1n) is 9.71. The fraction of sp³-hybridized carbons (Fsp3) is 0.500. The Labute approximate surface area is 201 Å². The van der Waals surface area contributed by atoms with Crippen molar-refractivity contribution in [3.05, 3.63) is 51.5 Å². The number of benzene rings is 1. The quantitative estimate of drug-likeness (QED) is 0.315. The van der Waals surface area contributed by atoms with Crippen molar-refractivity contribution in [3.63, 3.8) is 0 Å². The number of thiazole rings is 1. The number of guanidine groups is 1. The van der Waals surface area contributed by atoms with Gasteiger partial charge in [0.05, 0.1) is 31.4 Å². The maximum atomic E-state index is 12.9. The van der Waals surface area contributed by atoms with Crippen LogP contribution in [0.5, 0.6) is 0 Å². The molecule has 0 spiro atoms. The molecule has 2 heterocycles. The van der Waals surface area contributed by atoms with Crippen LogP contribution in [0.15, 0.2) is 35.5 Å². The lowest BCUT2D eigenvalue weighted by Gasteiger charge is -2.35. The highest BCUT2D eigenvalue weighted by molar-refractivity contribution is 14.0. The first-order valence-corrected chi connectivity index (χ1v) is 10.5. The number of aliphatic imine (C=N–C) groups is 1. The summed E-state index contributed by atoms with van der Waals surface area (Å²) in [4.78, 5) is 11.9. The van der Waals surface area contributed by atoms with Crippen molar-refractivity contribution in [2.24, 2.45) is 4.99 Å². The molecule has 1 aromatic heterocycles. The standard InChI is InChI=1S/C20H26F3N5OS.HI/c1-14-11-25-18(30-14)13-27-19(24-2)26-12-17(28-7-9-29-10-8-28)15-3-5-16(6-4-15)20(21,22)23;/h3-6,11,17H,7-10,12-13H2,1-2H3,(H2,24,26,27);1H. The average Bonchev–Trinajstić information content (AvgIpc) is 3.16. The third kappa shape index (κ3) is 7.58. The predicted molar refractivity (Wildman–Crippen MR) is 127 cm³/mol. The van der Waals surface area contributed by atoms with Crippen LogP contribution < -0.4 is 10.6 Å². The van der Waals surface area contributed by atoms with Gasteiger partial charge in [0.2, 0.25) is 0 Å². The van der Waals surface area contributed by atoms with Gasteiger partial charge < -0.3 is 15.4 Å². The van der Waals surface area contributed by atoms with Crippen LogP contribution in [0, 0.1) is 6.92 Å². The van der Waals surface area contributed by atoms with Crippen LogP contribution in [0.25, 0.3) is 0 Å². The summed E-state index contributed by atoms with van der Waals surface area (Å²) >= 11 is 1.62. The molecule has 1 aliphatic rings. The van der Waals surface area contributed by atoms with Crippen LogP contribution in [0.2, 0.25) is 0 Å². The Morgan fingerprint density at radius 3 is 2.45 bits per heavy atom. The zero-order valence-electron chi connectivity index (χ0n) is 17.4. The molecule has 2 N–H and O–H groups in total. The van der Waals surface area contributed by atoms with Crippen LogP contribution in [0.3, 0.4) is 0 Å². The molecule has 172 valence electrons. The Morgan fingerprint density at radius 2 is 1.90 bits per heavy atom. The summed E-state index contributed by atoms with van der Waals surface area (Å²) in [6, 6.07) is 5.29. The van der Waals surface area contributed by atoms with E-state index in [1.165, 1.54) is 0 Å². The summed E-state index contributed by atoms with van der Waals surface area (Å²) in [6.45, 7) is 5.71.